The van der Waals surface area contributed by atoms with Gasteiger partial charge < -0.3 is 11.1 Å². The standard InChI is InChI=1S/C17H21N3O3S/c1-12-8-9-13(2)17(16(12)18)24(22,23)20-11-15(21)19-10-14-6-4-3-5-7-14/h3-9,20H,10-11,18H2,1-2H3,(H,19,21). The summed E-state index contributed by atoms with van der Waals surface area (Å²) >= 11 is 0. The first-order valence-electron chi connectivity index (χ1n) is 7.47. The minimum Gasteiger partial charge on any atom is -0.397 e. The van der Waals surface area contributed by atoms with Crippen molar-refractivity contribution in [2.24, 2.45) is 0 Å². The van der Waals surface area contributed by atoms with Crippen molar-refractivity contribution in [3.8, 4) is 0 Å². The normalized spacial score (nSPS) is 11.2. The summed E-state index contributed by atoms with van der Waals surface area (Å²) in [6, 6.07) is 12.8. The van der Waals surface area contributed by atoms with E-state index >= 15 is 0 Å². The predicted octanol–water partition coefficient (Wildman–Crippen LogP) is 1.48. The number of nitrogens with one attached hydrogen (secondary N) is 2. The SMILES string of the molecule is Cc1ccc(C)c(S(=O)(=O)NCC(=O)NCc2ccccc2)c1N. The van der Waals surface area contributed by atoms with E-state index in [9.17, 15) is 13.2 Å². The second-order valence-corrected chi connectivity index (χ2v) is 7.23. The number of carbonyl (C=O) groups excluding carboxylic acids is 1. The van der Waals surface area contributed by atoms with Crippen molar-refractivity contribution in [1.29, 1.82) is 0 Å². The van der Waals surface area contributed by atoms with Gasteiger partial charge >= 0.3 is 0 Å². The van der Waals surface area contributed by atoms with Crippen molar-refractivity contribution < 1.29 is 13.2 Å². The fourth-order valence-corrected chi connectivity index (χ4v) is 3.66. The van der Waals surface area contributed by atoms with Gasteiger partial charge in [0.2, 0.25) is 15.9 Å². The number of nitrogens with two attached hydrogens (primary N) is 1. The quantitative estimate of drug-likeness (QED) is 0.689. The number of sulfonamides is 1. The van der Waals surface area contributed by atoms with E-state index in [1.807, 2.05) is 30.3 Å². The summed E-state index contributed by atoms with van der Waals surface area (Å²) in [5, 5.41) is 2.67. The molecule has 0 radical (unpaired) electrons. The third-order valence-electron chi connectivity index (χ3n) is 3.63. The molecule has 0 saturated carbocycles. The van der Waals surface area contributed by atoms with Crippen molar-refractivity contribution in [2.75, 3.05) is 12.3 Å². The van der Waals surface area contributed by atoms with Crippen LogP contribution in [0.2, 0.25) is 0 Å². The van der Waals surface area contributed by atoms with Crippen molar-refractivity contribution >= 4 is 21.6 Å². The Morgan fingerprint density at radius 1 is 1.04 bits per heavy atom. The van der Waals surface area contributed by atoms with Gasteiger partial charge in [0.1, 0.15) is 4.90 Å². The zero-order valence-electron chi connectivity index (χ0n) is 13.7. The van der Waals surface area contributed by atoms with Crippen molar-refractivity contribution in [3.05, 3.63) is 59.2 Å². The number of hydrogen-bond acceptors (Lipinski definition) is 4. The molecular formula is C17H21N3O3S. The Labute approximate surface area is 142 Å². The van der Waals surface area contributed by atoms with E-state index in [2.05, 4.69) is 10.0 Å². The van der Waals surface area contributed by atoms with Gasteiger partial charge in [-0.2, -0.15) is 0 Å². The highest BCUT2D eigenvalue weighted by molar-refractivity contribution is 7.89. The van der Waals surface area contributed by atoms with Gasteiger partial charge in [0.05, 0.1) is 12.2 Å². The summed E-state index contributed by atoms with van der Waals surface area (Å²) < 4.78 is 27.2. The summed E-state index contributed by atoms with van der Waals surface area (Å²) in [6.07, 6.45) is 0. The molecule has 7 heteroatoms. The second kappa shape index (κ2) is 7.46. The minimum atomic E-state index is -3.86. The molecule has 6 nitrogen and oxygen atoms in total. The molecule has 0 aliphatic heterocycles. The Hall–Kier alpha value is -2.38. The highest BCUT2D eigenvalue weighted by Gasteiger charge is 2.21. The molecule has 0 unspecified atom stereocenters. The highest BCUT2D eigenvalue weighted by atomic mass is 32.2. The molecule has 0 fully saturated rings. The number of anilines is 1. The lowest BCUT2D eigenvalue weighted by Gasteiger charge is -2.13. The summed E-state index contributed by atoms with van der Waals surface area (Å²) in [5.74, 6) is -0.411. The van der Waals surface area contributed by atoms with E-state index < -0.39 is 15.9 Å². The van der Waals surface area contributed by atoms with Crippen LogP contribution in [0, 0.1) is 13.8 Å². The summed E-state index contributed by atoms with van der Waals surface area (Å²) in [4.78, 5) is 11.9. The fraction of sp³-hybridized carbons (Fsp3) is 0.235. The first kappa shape index (κ1) is 18.0. The summed E-state index contributed by atoms with van der Waals surface area (Å²) in [7, 11) is -3.86. The van der Waals surface area contributed by atoms with Crippen LogP contribution in [0.4, 0.5) is 5.69 Å². The van der Waals surface area contributed by atoms with Crippen LogP contribution < -0.4 is 15.8 Å². The van der Waals surface area contributed by atoms with Crippen molar-refractivity contribution in [1.82, 2.24) is 10.0 Å². The van der Waals surface area contributed by atoms with Crippen molar-refractivity contribution in [3.63, 3.8) is 0 Å². The minimum absolute atomic E-state index is 0.0263. The molecule has 0 saturated heterocycles. The van der Waals surface area contributed by atoms with Gasteiger partial charge in [-0.1, -0.05) is 42.5 Å². The van der Waals surface area contributed by atoms with E-state index in [1.165, 1.54) is 0 Å². The van der Waals surface area contributed by atoms with Gasteiger partial charge in [0.25, 0.3) is 0 Å². The average molecular weight is 347 g/mol. The number of benzene rings is 2. The van der Waals surface area contributed by atoms with Crippen LogP contribution in [0.15, 0.2) is 47.4 Å². The van der Waals surface area contributed by atoms with E-state index in [0.29, 0.717) is 17.7 Å². The largest absolute Gasteiger partial charge is 0.397 e. The molecule has 2 aromatic carbocycles. The number of hydrogen-bond donors (Lipinski definition) is 3. The molecule has 0 bridgehead atoms. The smallest absolute Gasteiger partial charge is 0.243 e. The topological polar surface area (TPSA) is 101 Å². The molecule has 0 spiro atoms. The molecule has 0 heterocycles. The molecule has 4 N–H and O–H groups in total. The maximum Gasteiger partial charge on any atom is 0.243 e. The van der Waals surface area contributed by atoms with Crippen LogP contribution in [-0.4, -0.2) is 20.9 Å². The molecular weight excluding hydrogens is 326 g/mol. The number of nitrogen functional groups attached to an aromatic ring is 1. The maximum atomic E-state index is 12.4. The zero-order chi connectivity index (χ0) is 17.7. The lowest BCUT2D eigenvalue weighted by molar-refractivity contribution is -0.120. The second-order valence-electron chi connectivity index (χ2n) is 5.53. The highest BCUT2D eigenvalue weighted by Crippen LogP contribution is 2.25. The predicted molar refractivity (Wildman–Crippen MR) is 93.8 cm³/mol. The van der Waals surface area contributed by atoms with Crippen LogP contribution in [-0.2, 0) is 21.4 Å². The number of amides is 1. The summed E-state index contributed by atoms with van der Waals surface area (Å²) in [6.45, 7) is 3.40. The Morgan fingerprint density at radius 3 is 2.33 bits per heavy atom. The Bertz CT molecular complexity index is 834. The maximum absolute atomic E-state index is 12.4. The van der Waals surface area contributed by atoms with E-state index in [0.717, 1.165) is 5.56 Å². The van der Waals surface area contributed by atoms with Crippen LogP contribution in [0.25, 0.3) is 0 Å². The van der Waals surface area contributed by atoms with Gasteiger partial charge in [0, 0.05) is 6.54 Å². The van der Waals surface area contributed by atoms with Crippen LogP contribution in [0.5, 0.6) is 0 Å². The third kappa shape index (κ3) is 4.33. The van der Waals surface area contributed by atoms with Crippen LogP contribution >= 0.6 is 0 Å². The molecule has 2 aromatic rings. The first-order chi connectivity index (χ1) is 11.3. The van der Waals surface area contributed by atoms with Gasteiger partial charge in [-0.25, -0.2) is 13.1 Å². The van der Waals surface area contributed by atoms with Gasteiger partial charge in [0.15, 0.2) is 0 Å². The monoisotopic (exact) mass is 347 g/mol. The molecule has 0 aliphatic carbocycles. The molecule has 0 aromatic heterocycles. The Balaban J connectivity index is 2.00. The first-order valence-corrected chi connectivity index (χ1v) is 8.95. The van der Waals surface area contributed by atoms with Crippen LogP contribution in [0.3, 0.4) is 0 Å². The van der Waals surface area contributed by atoms with Gasteiger partial charge in [-0.3, -0.25) is 4.79 Å². The van der Waals surface area contributed by atoms with E-state index in [1.54, 1.807) is 26.0 Å². The van der Waals surface area contributed by atoms with Gasteiger partial charge in [-0.05, 0) is 30.5 Å². The molecule has 0 aliphatic rings. The van der Waals surface area contributed by atoms with Crippen LogP contribution in [0.1, 0.15) is 16.7 Å². The molecule has 24 heavy (non-hydrogen) atoms. The fourth-order valence-electron chi connectivity index (χ4n) is 2.26. The number of rotatable bonds is 6. The third-order valence-corrected chi connectivity index (χ3v) is 5.24. The van der Waals surface area contributed by atoms with Gasteiger partial charge in [-0.15, -0.1) is 0 Å². The lowest BCUT2D eigenvalue weighted by Crippen LogP contribution is -2.37. The Kier molecular flexibility index (Phi) is 5.58. The van der Waals surface area contributed by atoms with E-state index in [-0.39, 0.29) is 17.1 Å². The number of carbonyl (C=O) groups is 1. The lowest BCUT2D eigenvalue weighted by atomic mass is 10.1. The van der Waals surface area contributed by atoms with Crippen molar-refractivity contribution in [2.45, 2.75) is 25.3 Å². The zero-order valence-corrected chi connectivity index (χ0v) is 14.5. The molecule has 1 amide bonds. The molecule has 128 valence electrons. The molecule has 2 rings (SSSR count). The Morgan fingerprint density at radius 2 is 1.67 bits per heavy atom. The average Bonchev–Trinajstić information content (AvgIpc) is 2.55. The summed E-state index contributed by atoms with van der Waals surface area (Å²) in [5.41, 5.74) is 8.24. The molecule has 0 atom stereocenters. The number of aryl methyl sites for hydroxylation is 2. The van der Waals surface area contributed by atoms with E-state index in [4.69, 9.17) is 5.73 Å².